The predicted molar refractivity (Wildman–Crippen MR) is 120 cm³/mol. The van der Waals surface area contributed by atoms with Crippen LogP contribution in [-0.4, -0.2) is 67.6 Å². The summed E-state index contributed by atoms with van der Waals surface area (Å²) in [7, 11) is 2.10. The fraction of sp³-hybridized carbons (Fsp3) is 0.667. The molecule has 1 amide bonds. The van der Waals surface area contributed by atoms with Gasteiger partial charge in [-0.2, -0.15) is 0 Å². The van der Waals surface area contributed by atoms with Crippen LogP contribution in [0, 0.1) is 11.3 Å². The van der Waals surface area contributed by atoms with E-state index in [2.05, 4.69) is 42.9 Å². The summed E-state index contributed by atoms with van der Waals surface area (Å²) in [6, 6.07) is 7.16. The van der Waals surface area contributed by atoms with Crippen LogP contribution in [0.5, 0.6) is 0 Å². The molecule has 0 radical (unpaired) electrons. The van der Waals surface area contributed by atoms with Gasteiger partial charge in [0.15, 0.2) is 5.78 Å². The molecule has 1 saturated heterocycles. The van der Waals surface area contributed by atoms with E-state index in [0.717, 1.165) is 51.9 Å². The van der Waals surface area contributed by atoms with Gasteiger partial charge in [-0.25, -0.2) is 4.79 Å². The number of ketones is 1. The number of hydrogen-bond acceptors (Lipinski definition) is 5. The zero-order chi connectivity index (χ0) is 21.7. The second kappa shape index (κ2) is 9.92. The van der Waals surface area contributed by atoms with Crippen LogP contribution >= 0.6 is 0 Å². The van der Waals surface area contributed by atoms with Crippen LogP contribution < -0.4 is 5.32 Å². The van der Waals surface area contributed by atoms with Crippen molar-refractivity contribution < 1.29 is 14.3 Å². The second-order valence-electron chi connectivity index (χ2n) is 9.95. The van der Waals surface area contributed by atoms with Crippen LogP contribution in [0.2, 0.25) is 0 Å². The third kappa shape index (κ3) is 6.54. The molecule has 1 heterocycles. The summed E-state index contributed by atoms with van der Waals surface area (Å²) in [6.45, 7) is 11.0. The molecule has 3 rings (SSSR count). The van der Waals surface area contributed by atoms with Crippen LogP contribution in [0.1, 0.15) is 56.8 Å². The highest BCUT2D eigenvalue weighted by Crippen LogP contribution is 2.38. The topological polar surface area (TPSA) is 61.9 Å². The largest absolute Gasteiger partial charge is 0.446 e. The van der Waals surface area contributed by atoms with E-state index in [4.69, 9.17) is 4.74 Å². The van der Waals surface area contributed by atoms with Crippen LogP contribution in [0.15, 0.2) is 24.3 Å². The fourth-order valence-corrected chi connectivity index (χ4v) is 4.42. The van der Waals surface area contributed by atoms with Crippen molar-refractivity contribution in [3.63, 3.8) is 0 Å². The highest BCUT2D eigenvalue weighted by Gasteiger charge is 2.31. The first kappa shape index (κ1) is 22.8. The van der Waals surface area contributed by atoms with Crippen molar-refractivity contribution in [2.45, 2.75) is 52.6 Å². The number of benzene rings is 1. The summed E-state index contributed by atoms with van der Waals surface area (Å²) >= 11 is 0. The van der Waals surface area contributed by atoms with Gasteiger partial charge < -0.3 is 9.64 Å². The lowest BCUT2D eigenvalue weighted by Crippen LogP contribution is -2.46. The molecule has 1 aromatic rings. The third-order valence-corrected chi connectivity index (χ3v) is 6.57. The number of anilines is 1. The molecule has 1 N–H and O–H groups in total. The van der Waals surface area contributed by atoms with E-state index in [0.29, 0.717) is 29.1 Å². The van der Waals surface area contributed by atoms with Crippen LogP contribution in [0.4, 0.5) is 10.5 Å². The lowest BCUT2D eigenvalue weighted by molar-refractivity contribution is 0.0528. The lowest BCUT2D eigenvalue weighted by atomic mass is 9.72. The van der Waals surface area contributed by atoms with E-state index < -0.39 is 6.09 Å². The number of carbonyl (C=O) groups is 2. The maximum absolute atomic E-state index is 12.7. The molecular weight excluding hydrogens is 378 g/mol. The average molecular weight is 416 g/mol. The molecule has 1 aliphatic carbocycles. The molecule has 6 heteroatoms. The number of amides is 1. The number of nitrogens with zero attached hydrogens (tertiary/aromatic N) is 2. The van der Waals surface area contributed by atoms with Crippen molar-refractivity contribution in [2.75, 3.05) is 45.1 Å². The maximum atomic E-state index is 12.7. The summed E-state index contributed by atoms with van der Waals surface area (Å²) in [5.74, 6) is 0.764. The predicted octanol–water partition coefficient (Wildman–Crippen LogP) is 4.27. The van der Waals surface area contributed by atoms with Crippen molar-refractivity contribution in [3.05, 3.63) is 29.8 Å². The summed E-state index contributed by atoms with van der Waals surface area (Å²) < 4.78 is 5.64. The van der Waals surface area contributed by atoms with Crippen molar-refractivity contribution in [3.8, 4) is 0 Å². The Morgan fingerprint density at radius 1 is 1.07 bits per heavy atom. The van der Waals surface area contributed by atoms with E-state index in [1.165, 1.54) is 0 Å². The minimum Gasteiger partial charge on any atom is -0.446 e. The highest BCUT2D eigenvalue weighted by atomic mass is 16.6. The van der Waals surface area contributed by atoms with E-state index in [1.807, 2.05) is 6.07 Å². The minimum atomic E-state index is -0.433. The molecule has 1 saturated carbocycles. The number of ether oxygens (including phenoxy) is 1. The average Bonchev–Trinajstić information content (AvgIpc) is 2.69. The first-order chi connectivity index (χ1) is 14.2. The highest BCUT2D eigenvalue weighted by molar-refractivity contribution is 5.99. The molecule has 2 fully saturated rings. The third-order valence-electron chi connectivity index (χ3n) is 6.57. The van der Waals surface area contributed by atoms with Gasteiger partial charge in [-0.1, -0.05) is 32.9 Å². The molecule has 30 heavy (non-hydrogen) atoms. The molecule has 0 atom stereocenters. The zero-order valence-electron chi connectivity index (χ0n) is 18.9. The minimum absolute atomic E-state index is 0.0225. The normalized spacial score (nSPS) is 23.7. The molecule has 2 aliphatic rings. The van der Waals surface area contributed by atoms with Gasteiger partial charge in [0.05, 0.1) is 6.54 Å². The molecule has 0 spiro atoms. The zero-order valence-corrected chi connectivity index (χ0v) is 18.9. The molecular formula is C24H37N3O3. The van der Waals surface area contributed by atoms with E-state index in [9.17, 15) is 9.59 Å². The van der Waals surface area contributed by atoms with E-state index in [-0.39, 0.29) is 11.9 Å². The van der Waals surface area contributed by atoms with Gasteiger partial charge in [0.1, 0.15) is 6.10 Å². The Bertz CT molecular complexity index is 727. The Hall–Kier alpha value is -1.92. The smallest absolute Gasteiger partial charge is 0.411 e. The number of nitrogens with one attached hydrogen (secondary N) is 1. The molecule has 0 aromatic heterocycles. The number of carbonyl (C=O) groups excluding carboxylic acids is 2. The Morgan fingerprint density at radius 2 is 1.73 bits per heavy atom. The monoisotopic (exact) mass is 415 g/mol. The molecule has 0 unspecified atom stereocenters. The number of likely N-dealkylation sites (N-methyl/N-ethyl adjacent to an activating group) is 1. The van der Waals surface area contributed by atoms with Gasteiger partial charge in [0, 0.05) is 37.4 Å². The van der Waals surface area contributed by atoms with Crippen molar-refractivity contribution in [1.29, 1.82) is 0 Å². The van der Waals surface area contributed by atoms with E-state index in [1.54, 1.807) is 18.2 Å². The summed E-state index contributed by atoms with van der Waals surface area (Å²) in [5, 5.41) is 2.80. The second-order valence-corrected chi connectivity index (χ2v) is 9.95. The Kier molecular flexibility index (Phi) is 7.53. The Balaban J connectivity index is 1.47. The Morgan fingerprint density at radius 3 is 2.37 bits per heavy atom. The fourth-order valence-electron chi connectivity index (χ4n) is 4.42. The van der Waals surface area contributed by atoms with Gasteiger partial charge >= 0.3 is 6.09 Å². The van der Waals surface area contributed by atoms with Crippen molar-refractivity contribution in [2.24, 2.45) is 11.3 Å². The van der Waals surface area contributed by atoms with E-state index >= 15 is 0 Å². The molecule has 0 bridgehead atoms. The molecule has 6 nitrogen and oxygen atoms in total. The van der Waals surface area contributed by atoms with Crippen molar-refractivity contribution >= 4 is 17.6 Å². The maximum Gasteiger partial charge on any atom is 0.411 e. The van der Waals surface area contributed by atoms with Gasteiger partial charge in [-0.05, 0) is 56.2 Å². The summed E-state index contributed by atoms with van der Waals surface area (Å²) in [4.78, 5) is 29.5. The first-order valence-corrected chi connectivity index (χ1v) is 11.2. The standard InChI is InChI=1S/C24H37N3O3/c1-24(2,3)19-8-10-21(11-9-19)30-23(29)25-20-7-5-6-18(16-20)22(28)17-27-14-12-26(4)13-15-27/h5-7,16,19,21H,8-15,17H2,1-4H3,(H,25,29). The van der Waals surface area contributed by atoms with Crippen LogP contribution in [0.3, 0.4) is 0 Å². The first-order valence-electron chi connectivity index (χ1n) is 11.2. The number of Topliss-reactive ketones (excluding diaryl/α,β-unsaturated/α-hetero) is 1. The number of hydrogen-bond donors (Lipinski definition) is 1. The number of rotatable bonds is 5. The summed E-state index contributed by atoms with van der Waals surface area (Å²) in [6.07, 6.45) is 3.57. The van der Waals surface area contributed by atoms with Crippen LogP contribution in [0.25, 0.3) is 0 Å². The number of piperazine rings is 1. The quantitative estimate of drug-likeness (QED) is 0.728. The Labute approximate surface area is 180 Å². The van der Waals surface area contributed by atoms with Gasteiger partial charge in [0.25, 0.3) is 0 Å². The van der Waals surface area contributed by atoms with Crippen LogP contribution in [-0.2, 0) is 4.74 Å². The van der Waals surface area contributed by atoms with Gasteiger partial charge in [0.2, 0.25) is 0 Å². The lowest BCUT2D eigenvalue weighted by Gasteiger charge is -2.36. The SMILES string of the molecule is CN1CCN(CC(=O)c2cccc(NC(=O)OC3CCC(C(C)(C)C)CC3)c2)CC1. The van der Waals surface area contributed by atoms with Gasteiger partial charge in [-0.3, -0.25) is 15.0 Å². The summed E-state index contributed by atoms with van der Waals surface area (Å²) in [5.41, 5.74) is 1.54. The molecule has 1 aromatic carbocycles. The molecule has 1 aliphatic heterocycles. The van der Waals surface area contributed by atoms with Crippen molar-refractivity contribution in [1.82, 2.24) is 9.80 Å². The van der Waals surface area contributed by atoms with Gasteiger partial charge in [-0.15, -0.1) is 0 Å². The molecule has 166 valence electrons.